The Morgan fingerprint density at radius 2 is 1.96 bits per heavy atom. The number of benzene rings is 3. The maximum absolute atomic E-state index is 12.9. The Hall–Kier alpha value is -2.98. The summed E-state index contributed by atoms with van der Waals surface area (Å²) in [4.78, 5) is 18.1. The molecule has 0 atom stereocenters. The topological polar surface area (TPSA) is 34.4 Å². The summed E-state index contributed by atoms with van der Waals surface area (Å²) in [5.41, 5.74) is 2.89. The van der Waals surface area contributed by atoms with Crippen LogP contribution in [0.4, 0.5) is 0 Å². The molecule has 0 fully saturated rings. The molecule has 0 aliphatic rings. The number of amides is 1. The second-order valence-electron chi connectivity index (χ2n) is 6.20. The average Bonchev–Trinajstić information content (AvgIpc) is 2.97. The molecule has 128 valence electrons. The molecular formula is C22H18N2OS. The van der Waals surface area contributed by atoms with Crippen LogP contribution in [0.1, 0.15) is 15.9 Å². The molecule has 0 bridgehead atoms. The summed E-state index contributed by atoms with van der Waals surface area (Å²) >= 11 is 1.53. The third kappa shape index (κ3) is 2.89. The van der Waals surface area contributed by atoms with Crippen LogP contribution in [-0.2, 0) is 6.54 Å². The first kappa shape index (κ1) is 16.5. The summed E-state index contributed by atoms with van der Waals surface area (Å²) in [5, 5.41) is 1.97. The van der Waals surface area contributed by atoms with Crippen LogP contribution in [0.3, 0.4) is 0 Å². The highest BCUT2D eigenvalue weighted by atomic mass is 32.1. The number of rotatable bonds is 3. The van der Waals surface area contributed by atoms with Gasteiger partial charge in [-0.25, -0.2) is 0 Å². The third-order valence-electron chi connectivity index (χ3n) is 4.37. The minimum atomic E-state index is -0.220. The van der Waals surface area contributed by atoms with Crippen LogP contribution in [0.2, 0.25) is 0 Å². The van der Waals surface area contributed by atoms with Gasteiger partial charge in [-0.1, -0.05) is 59.9 Å². The Balaban J connectivity index is 1.91. The van der Waals surface area contributed by atoms with Gasteiger partial charge in [-0.3, -0.25) is 4.79 Å². The number of fused-ring (bicyclic) bond motifs is 2. The van der Waals surface area contributed by atoms with E-state index in [0.29, 0.717) is 16.9 Å². The summed E-state index contributed by atoms with van der Waals surface area (Å²) in [6.45, 7) is 6.52. The SMILES string of the molecule is C=CCn1c(=NC(=O)c2cccc3ccccc23)sc2cc(C)ccc21. The number of aromatic nitrogens is 1. The molecule has 3 nitrogen and oxygen atoms in total. The molecule has 1 amide bonds. The largest absolute Gasteiger partial charge is 0.312 e. The van der Waals surface area contributed by atoms with E-state index in [9.17, 15) is 4.79 Å². The van der Waals surface area contributed by atoms with Crippen molar-refractivity contribution in [3.05, 3.63) is 89.2 Å². The monoisotopic (exact) mass is 358 g/mol. The van der Waals surface area contributed by atoms with Gasteiger partial charge in [-0.05, 0) is 41.5 Å². The number of hydrogen-bond acceptors (Lipinski definition) is 2. The second-order valence-corrected chi connectivity index (χ2v) is 7.21. The lowest BCUT2D eigenvalue weighted by molar-refractivity contribution is 0.0999. The van der Waals surface area contributed by atoms with Crippen LogP contribution in [0.5, 0.6) is 0 Å². The average molecular weight is 358 g/mol. The molecule has 3 aromatic carbocycles. The van der Waals surface area contributed by atoms with Crippen molar-refractivity contribution in [2.45, 2.75) is 13.5 Å². The Kier molecular flexibility index (Phi) is 4.27. The molecule has 0 radical (unpaired) electrons. The molecule has 0 N–H and O–H groups in total. The normalized spacial score (nSPS) is 12.0. The molecule has 4 rings (SSSR count). The molecular weight excluding hydrogens is 340 g/mol. The molecule has 0 spiro atoms. The number of hydrogen-bond donors (Lipinski definition) is 0. The lowest BCUT2D eigenvalue weighted by atomic mass is 10.0. The summed E-state index contributed by atoms with van der Waals surface area (Å²) in [6, 6.07) is 19.9. The summed E-state index contributed by atoms with van der Waals surface area (Å²) in [6.07, 6.45) is 1.83. The standard InChI is InChI=1S/C22H18N2OS/c1-3-13-24-19-12-11-15(2)14-20(19)26-22(24)23-21(25)18-10-6-8-16-7-4-5-9-17(16)18/h3-12,14H,1,13H2,2H3. The lowest BCUT2D eigenvalue weighted by Gasteiger charge is -2.03. The fourth-order valence-corrected chi connectivity index (χ4v) is 4.27. The van der Waals surface area contributed by atoms with E-state index < -0.39 is 0 Å². The lowest BCUT2D eigenvalue weighted by Crippen LogP contribution is -2.16. The fourth-order valence-electron chi connectivity index (χ4n) is 3.13. The molecule has 0 saturated heterocycles. The highest BCUT2D eigenvalue weighted by molar-refractivity contribution is 7.16. The first-order chi connectivity index (χ1) is 12.7. The second kappa shape index (κ2) is 6.73. The number of thiazole rings is 1. The van der Waals surface area contributed by atoms with Crippen LogP contribution >= 0.6 is 11.3 Å². The minimum absolute atomic E-state index is 0.220. The van der Waals surface area contributed by atoms with Gasteiger partial charge in [0.05, 0.1) is 10.2 Å². The molecule has 1 aromatic heterocycles. The maximum atomic E-state index is 12.9. The van der Waals surface area contributed by atoms with Gasteiger partial charge in [-0.15, -0.1) is 6.58 Å². The Morgan fingerprint density at radius 1 is 1.15 bits per heavy atom. The van der Waals surface area contributed by atoms with Crippen molar-refractivity contribution in [1.29, 1.82) is 0 Å². The first-order valence-corrected chi connectivity index (χ1v) is 9.27. The Labute approximate surface area is 155 Å². The van der Waals surface area contributed by atoms with E-state index in [4.69, 9.17) is 0 Å². The van der Waals surface area contributed by atoms with Crippen LogP contribution in [0.25, 0.3) is 21.0 Å². The molecule has 26 heavy (non-hydrogen) atoms. The van der Waals surface area contributed by atoms with Crippen molar-refractivity contribution >= 4 is 38.2 Å². The first-order valence-electron chi connectivity index (χ1n) is 8.45. The van der Waals surface area contributed by atoms with Crippen molar-refractivity contribution in [2.75, 3.05) is 0 Å². The molecule has 4 heteroatoms. The molecule has 0 aliphatic heterocycles. The maximum Gasteiger partial charge on any atom is 0.280 e. The van der Waals surface area contributed by atoms with Crippen molar-refractivity contribution in [3.8, 4) is 0 Å². The van der Waals surface area contributed by atoms with E-state index in [2.05, 4.69) is 36.7 Å². The zero-order valence-electron chi connectivity index (χ0n) is 14.5. The number of nitrogens with zero attached hydrogens (tertiary/aromatic N) is 2. The van der Waals surface area contributed by atoms with E-state index in [1.807, 2.05) is 53.1 Å². The Morgan fingerprint density at radius 3 is 2.81 bits per heavy atom. The van der Waals surface area contributed by atoms with Crippen LogP contribution in [0.15, 0.2) is 78.3 Å². The summed E-state index contributed by atoms with van der Waals surface area (Å²) < 4.78 is 3.16. The van der Waals surface area contributed by atoms with E-state index in [1.54, 1.807) is 0 Å². The number of allylic oxidation sites excluding steroid dienone is 1. The number of carbonyl (C=O) groups is 1. The van der Waals surface area contributed by atoms with Gasteiger partial charge in [0.2, 0.25) is 0 Å². The quantitative estimate of drug-likeness (QED) is 0.470. The van der Waals surface area contributed by atoms with Gasteiger partial charge in [0.1, 0.15) is 0 Å². The van der Waals surface area contributed by atoms with Crippen molar-refractivity contribution in [3.63, 3.8) is 0 Å². The van der Waals surface area contributed by atoms with Gasteiger partial charge in [0.25, 0.3) is 5.91 Å². The third-order valence-corrected chi connectivity index (χ3v) is 5.41. The van der Waals surface area contributed by atoms with Crippen molar-refractivity contribution in [1.82, 2.24) is 4.57 Å². The van der Waals surface area contributed by atoms with Crippen LogP contribution in [-0.4, -0.2) is 10.5 Å². The van der Waals surface area contributed by atoms with Gasteiger partial charge >= 0.3 is 0 Å². The molecule has 1 heterocycles. The van der Waals surface area contributed by atoms with Gasteiger partial charge < -0.3 is 4.57 Å². The molecule has 0 unspecified atom stereocenters. The van der Waals surface area contributed by atoms with Crippen LogP contribution in [0, 0.1) is 6.92 Å². The van der Waals surface area contributed by atoms with E-state index in [-0.39, 0.29) is 5.91 Å². The summed E-state index contributed by atoms with van der Waals surface area (Å²) in [7, 11) is 0. The van der Waals surface area contributed by atoms with Crippen molar-refractivity contribution in [2.24, 2.45) is 4.99 Å². The number of carbonyl (C=O) groups excluding carboxylic acids is 1. The zero-order valence-corrected chi connectivity index (χ0v) is 15.3. The number of aryl methyl sites for hydroxylation is 1. The van der Waals surface area contributed by atoms with Gasteiger partial charge in [0.15, 0.2) is 4.80 Å². The van der Waals surface area contributed by atoms with Gasteiger partial charge in [0, 0.05) is 12.1 Å². The van der Waals surface area contributed by atoms with E-state index in [1.165, 1.54) is 16.9 Å². The molecule has 4 aromatic rings. The van der Waals surface area contributed by atoms with E-state index in [0.717, 1.165) is 21.0 Å². The predicted molar refractivity (Wildman–Crippen MR) is 109 cm³/mol. The fraction of sp³-hybridized carbons (Fsp3) is 0.0909. The minimum Gasteiger partial charge on any atom is -0.312 e. The zero-order chi connectivity index (χ0) is 18.1. The highest BCUT2D eigenvalue weighted by Crippen LogP contribution is 2.21. The van der Waals surface area contributed by atoms with Crippen LogP contribution < -0.4 is 4.80 Å². The predicted octanol–water partition coefficient (Wildman–Crippen LogP) is 5.09. The van der Waals surface area contributed by atoms with Crippen molar-refractivity contribution < 1.29 is 4.79 Å². The van der Waals surface area contributed by atoms with Gasteiger partial charge in [-0.2, -0.15) is 4.99 Å². The molecule has 0 saturated carbocycles. The Bertz CT molecular complexity index is 1210. The smallest absolute Gasteiger partial charge is 0.280 e. The van der Waals surface area contributed by atoms with E-state index >= 15 is 0 Å². The highest BCUT2D eigenvalue weighted by Gasteiger charge is 2.11. The summed E-state index contributed by atoms with van der Waals surface area (Å²) in [5.74, 6) is -0.220. The molecule has 0 aliphatic carbocycles.